The van der Waals surface area contributed by atoms with E-state index in [2.05, 4.69) is 5.32 Å². The van der Waals surface area contributed by atoms with Crippen LogP contribution in [0.5, 0.6) is 5.75 Å². The highest BCUT2D eigenvalue weighted by Crippen LogP contribution is 2.41. The Morgan fingerprint density at radius 2 is 1.77 bits per heavy atom. The van der Waals surface area contributed by atoms with Crippen molar-refractivity contribution in [1.82, 2.24) is 0 Å². The number of carbonyl (C=O) groups is 2. The molecular formula is C24H28FNO4. The fourth-order valence-corrected chi connectivity index (χ4v) is 4.11. The topological polar surface area (TPSA) is 64.6 Å². The minimum atomic E-state index is -0.928. The van der Waals surface area contributed by atoms with E-state index in [1.54, 1.807) is 36.4 Å². The summed E-state index contributed by atoms with van der Waals surface area (Å²) in [5, 5.41) is 2.91. The number of methoxy groups -OCH3 is 1. The van der Waals surface area contributed by atoms with Crippen LogP contribution < -0.4 is 10.1 Å². The van der Waals surface area contributed by atoms with E-state index in [0.29, 0.717) is 29.8 Å². The Hall–Kier alpha value is -2.89. The summed E-state index contributed by atoms with van der Waals surface area (Å²) in [7, 11) is 1.29. The summed E-state index contributed by atoms with van der Waals surface area (Å²) in [6.45, 7) is 3.72. The van der Waals surface area contributed by atoms with Crippen LogP contribution in [0.3, 0.4) is 0 Å². The van der Waals surface area contributed by atoms with E-state index < -0.39 is 11.4 Å². The van der Waals surface area contributed by atoms with Crippen LogP contribution in [0.2, 0.25) is 0 Å². The SMILES string of the molecule is COC(=O)c1cc(NC(=O)C2(c3ccccc3F)CCCCC2)ccc1OC(C)C. The molecular weight excluding hydrogens is 385 g/mol. The summed E-state index contributed by atoms with van der Waals surface area (Å²) < 4.78 is 25.2. The maximum Gasteiger partial charge on any atom is 0.341 e. The predicted molar refractivity (Wildman–Crippen MR) is 113 cm³/mol. The summed E-state index contributed by atoms with van der Waals surface area (Å²) in [6.07, 6.45) is 3.78. The number of rotatable bonds is 6. The highest BCUT2D eigenvalue weighted by Gasteiger charge is 2.42. The van der Waals surface area contributed by atoms with Gasteiger partial charge < -0.3 is 14.8 Å². The maximum absolute atomic E-state index is 14.7. The fraction of sp³-hybridized carbons (Fsp3) is 0.417. The van der Waals surface area contributed by atoms with Crippen molar-refractivity contribution >= 4 is 17.6 Å². The van der Waals surface area contributed by atoms with Gasteiger partial charge >= 0.3 is 5.97 Å². The maximum atomic E-state index is 14.7. The molecule has 1 N–H and O–H groups in total. The van der Waals surface area contributed by atoms with Crippen LogP contribution >= 0.6 is 0 Å². The third-order valence-corrected chi connectivity index (χ3v) is 5.54. The van der Waals surface area contributed by atoms with Crippen LogP contribution in [0.25, 0.3) is 0 Å². The number of carbonyl (C=O) groups excluding carboxylic acids is 2. The molecule has 1 amide bonds. The number of hydrogen-bond acceptors (Lipinski definition) is 4. The lowest BCUT2D eigenvalue weighted by molar-refractivity contribution is -0.122. The third-order valence-electron chi connectivity index (χ3n) is 5.54. The summed E-state index contributed by atoms with van der Waals surface area (Å²) in [5.74, 6) is -0.800. The zero-order valence-corrected chi connectivity index (χ0v) is 17.7. The second-order valence-corrected chi connectivity index (χ2v) is 7.95. The van der Waals surface area contributed by atoms with Crippen LogP contribution in [0.1, 0.15) is 61.9 Å². The van der Waals surface area contributed by atoms with Crippen LogP contribution in [0.15, 0.2) is 42.5 Å². The van der Waals surface area contributed by atoms with Gasteiger partial charge in [-0.25, -0.2) is 9.18 Å². The van der Waals surface area contributed by atoms with Gasteiger partial charge in [-0.15, -0.1) is 0 Å². The van der Waals surface area contributed by atoms with E-state index in [-0.39, 0.29) is 23.4 Å². The Labute approximate surface area is 176 Å². The first-order valence-corrected chi connectivity index (χ1v) is 10.3. The summed E-state index contributed by atoms with van der Waals surface area (Å²) >= 11 is 0. The van der Waals surface area contributed by atoms with Gasteiger partial charge in [-0.05, 0) is 51.0 Å². The van der Waals surface area contributed by atoms with E-state index >= 15 is 0 Å². The molecule has 0 bridgehead atoms. The van der Waals surface area contributed by atoms with Gasteiger partial charge in [0.25, 0.3) is 0 Å². The molecule has 160 valence electrons. The Balaban J connectivity index is 1.94. The molecule has 0 radical (unpaired) electrons. The van der Waals surface area contributed by atoms with Crippen molar-refractivity contribution in [3.8, 4) is 5.75 Å². The number of amides is 1. The Bertz CT molecular complexity index is 919. The largest absolute Gasteiger partial charge is 0.490 e. The van der Waals surface area contributed by atoms with Gasteiger partial charge in [0.1, 0.15) is 17.1 Å². The molecule has 6 heteroatoms. The lowest BCUT2D eigenvalue weighted by atomic mass is 9.68. The number of nitrogens with one attached hydrogen (secondary N) is 1. The molecule has 2 aromatic carbocycles. The van der Waals surface area contributed by atoms with Gasteiger partial charge in [0, 0.05) is 11.3 Å². The highest BCUT2D eigenvalue weighted by atomic mass is 19.1. The first-order chi connectivity index (χ1) is 14.4. The lowest BCUT2D eigenvalue weighted by Gasteiger charge is -2.36. The van der Waals surface area contributed by atoms with Crippen molar-refractivity contribution < 1.29 is 23.5 Å². The molecule has 1 aliphatic carbocycles. The van der Waals surface area contributed by atoms with Crippen LogP contribution in [0.4, 0.5) is 10.1 Å². The minimum Gasteiger partial charge on any atom is -0.490 e. The molecule has 0 unspecified atom stereocenters. The van der Waals surface area contributed by atoms with E-state index in [1.807, 2.05) is 13.8 Å². The zero-order valence-electron chi connectivity index (χ0n) is 17.7. The number of hydrogen-bond donors (Lipinski definition) is 1. The second-order valence-electron chi connectivity index (χ2n) is 7.95. The lowest BCUT2D eigenvalue weighted by Crippen LogP contribution is -2.42. The molecule has 0 spiro atoms. The van der Waals surface area contributed by atoms with Crippen LogP contribution in [-0.4, -0.2) is 25.1 Å². The Kier molecular flexibility index (Phi) is 6.75. The van der Waals surface area contributed by atoms with Crippen LogP contribution in [0, 0.1) is 5.82 Å². The number of esters is 1. The molecule has 0 heterocycles. The van der Waals surface area contributed by atoms with E-state index in [0.717, 1.165) is 19.3 Å². The van der Waals surface area contributed by atoms with Gasteiger partial charge in [-0.1, -0.05) is 37.5 Å². The van der Waals surface area contributed by atoms with E-state index in [4.69, 9.17) is 9.47 Å². The molecule has 3 rings (SSSR count). The average molecular weight is 413 g/mol. The summed E-state index contributed by atoms with van der Waals surface area (Å²) in [4.78, 5) is 25.7. The van der Waals surface area contributed by atoms with Gasteiger partial charge in [0.2, 0.25) is 5.91 Å². The van der Waals surface area contributed by atoms with Crippen molar-refractivity contribution in [3.63, 3.8) is 0 Å². The summed E-state index contributed by atoms with van der Waals surface area (Å²) in [5.41, 5.74) is 0.169. The smallest absolute Gasteiger partial charge is 0.341 e. The monoisotopic (exact) mass is 413 g/mol. The number of ether oxygens (including phenoxy) is 2. The normalized spacial score (nSPS) is 15.5. The van der Waals surface area contributed by atoms with Crippen molar-refractivity contribution in [1.29, 1.82) is 0 Å². The van der Waals surface area contributed by atoms with Gasteiger partial charge in [-0.2, -0.15) is 0 Å². The molecule has 2 aromatic rings. The first kappa shape index (κ1) is 21.8. The van der Waals surface area contributed by atoms with Crippen molar-refractivity contribution in [2.75, 3.05) is 12.4 Å². The van der Waals surface area contributed by atoms with Crippen molar-refractivity contribution in [3.05, 3.63) is 59.4 Å². The fourth-order valence-electron chi connectivity index (χ4n) is 4.11. The van der Waals surface area contributed by atoms with Crippen molar-refractivity contribution in [2.24, 2.45) is 0 Å². The van der Waals surface area contributed by atoms with E-state index in [1.165, 1.54) is 13.2 Å². The quantitative estimate of drug-likeness (QED) is 0.658. The number of benzene rings is 2. The van der Waals surface area contributed by atoms with E-state index in [9.17, 15) is 14.0 Å². The molecule has 0 aromatic heterocycles. The Morgan fingerprint density at radius 1 is 1.07 bits per heavy atom. The molecule has 1 saturated carbocycles. The molecule has 0 atom stereocenters. The van der Waals surface area contributed by atoms with Gasteiger partial charge in [0.05, 0.1) is 18.6 Å². The summed E-state index contributed by atoms with van der Waals surface area (Å²) in [6, 6.07) is 11.3. The number of halogens is 1. The Morgan fingerprint density at radius 3 is 2.40 bits per heavy atom. The molecule has 0 saturated heterocycles. The number of anilines is 1. The van der Waals surface area contributed by atoms with Crippen molar-refractivity contribution in [2.45, 2.75) is 57.5 Å². The average Bonchev–Trinajstić information content (AvgIpc) is 2.74. The zero-order chi connectivity index (χ0) is 21.7. The molecule has 30 heavy (non-hydrogen) atoms. The minimum absolute atomic E-state index is 0.125. The second kappa shape index (κ2) is 9.28. The molecule has 1 fully saturated rings. The highest BCUT2D eigenvalue weighted by molar-refractivity contribution is 6.01. The third kappa shape index (κ3) is 4.48. The molecule has 5 nitrogen and oxygen atoms in total. The standard InChI is InChI=1S/C24H28FNO4/c1-16(2)30-21-12-11-17(15-18(21)22(27)29-3)26-23(28)24(13-7-4-8-14-24)19-9-5-6-10-20(19)25/h5-6,9-12,15-16H,4,7-8,13-14H2,1-3H3,(H,26,28). The first-order valence-electron chi connectivity index (χ1n) is 10.3. The molecule has 0 aliphatic heterocycles. The van der Waals surface area contributed by atoms with Gasteiger partial charge in [0.15, 0.2) is 0 Å². The molecule has 1 aliphatic rings. The van der Waals surface area contributed by atoms with Crippen LogP contribution in [-0.2, 0) is 14.9 Å². The van der Waals surface area contributed by atoms with Gasteiger partial charge in [-0.3, -0.25) is 4.79 Å². The predicted octanol–water partition coefficient (Wildman–Crippen LogP) is 5.24.